The number of phenols is 1. The summed E-state index contributed by atoms with van der Waals surface area (Å²) in [6.07, 6.45) is 0. The summed E-state index contributed by atoms with van der Waals surface area (Å²) in [5.41, 5.74) is 8.00. The highest BCUT2D eigenvalue weighted by molar-refractivity contribution is 9.10. The van der Waals surface area contributed by atoms with Gasteiger partial charge in [-0.05, 0) is 37.5 Å². The predicted molar refractivity (Wildman–Crippen MR) is 64.6 cm³/mol. The van der Waals surface area contributed by atoms with E-state index in [1.807, 2.05) is 6.92 Å². The van der Waals surface area contributed by atoms with E-state index in [0.29, 0.717) is 11.1 Å². The van der Waals surface area contributed by atoms with E-state index in [-0.39, 0.29) is 11.3 Å². The van der Waals surface area contributed by atoms with Gasteiger partial charge in [0.1, 0.15) is 11.8 Å². The maximum atomic E-state index is 10.9. The molecule has 4 N–H and O–H groups in total. The fourth-order valence-electron chi connectivity index (χ4n) is 1.63. The number of rotatable bonds is 2. The Morgan fingerprint density at radius 3 is 2.19 bits per heavy atom. The molecule has 0 heterocycles. The first-order valence-corrected chi connectivity index (χ1v) is 5.54. The van der Waals surface area contributed by atoms with Crippen molar-refractivity contribution >= 4 is 21.9 Å². The molecule has 0 bridgehead atoms. The minimum Gasteiger partial charge on any atom is -0.507 e. The van der Waals surface area contributed by atoms with Crippen LogP contribution in [0.2, 0.25) is 0 Å². The molecule has 0 radical (unpaired) electrons. The number of carboxylic acid groups (broad SMARTS) is 1. The molecule has 0 saturated carbocycles. The number of carboxylic acids is 1. The molecule has 1 atom stereocenters. The summed E-state index contributed by atoms with van der Waals surface area (Å²) in [6.45, 7) is 5.31. The lowest BCUT2D eigenvalue weighted by Crippen LogP contribution is -2.22. The number of hydrogen-bond donors (Lipinski definition) is 3. The van der Waals surface area contributed by atoms with Crippen molar-refractivity contribution in [3.63, 3.8) is 0 Å². The SMILES string of the molecule is Cc1c(C)c(Br)c(C)c(C(N)C(=O)O)c1O. The molecule has 0 aliphatic heterocycles. The number of aliphatic carboxylic acids is 1. The lowest BCUT2D eigenvalue weighted by molar-refractivity contribution is -0.138. The van der Waals surface area contributed by atoms with Gasteiger partial charge >= 0.3 is 5.97 Å². The molecule has 0 saturated heterocycles. The zero-order valence-electron chi connectivity index (χ0n) is 9.34. The van der Waals surface area contributed by atoms with Gasteiger partial charge in [0.15, 0.2) is 0 Å². The molecule has 1 unspecified atom stereocenters. The zero-order chi connectivity index (χ0) is 12.6. The normalized spacial score (nSPS) is 12.6. The fourth-order valence-corrected chi connectivity index (χ4v) is 2.14. The third-order valence-corrected chi connectivity index (χ3v) is 4.00. The lowest BCUT2D eigenvalue weighted by Gasteiger charge is -2.18. The van der Waals surface area contributed by atoms with Gasteiger partial charge in [-0.25, -0.2) is 0 Å². The molecule has 0 aromatic heterocycles. The number of nitrogens with two attached hydrogens (primary N) is 1. The van der Waals surface area contributed by atoms with Gasteiger partial charge in [0.05, 0.1) is 0 Å². The molecular weight excluding hydrogens is 274 g/mol. The van der Waals surface area contributed by atoms with Gasteiger partial charge in [0.25, 0.3) is 0 Å². The Hall–Kier alpha value is -1.07. The second-order valence-electron chi connectivity index (χ2n) is 3.77. The quantitative estimate of drug-likeness (QED) is 0.778. The molecular formula is C11H14BrNO3. The molecule has 88 valence electrons. The number of phenolic OH excluding ortho intramolecular Hbond substituents is 1. The van der Waals surface area contributed by atoms with E-state index in [0.717, 1.165) is 10.0 Å². The average Bonchev–Trinajstić information content (AvgIpc) is 2.23. The van der Waals surface area contributed by atoms with Gasteiger partial charge < -0.3 is 15.9 Å². The van der Waals surface area contributed by atoms with Crippen LogP contribution in [-0.4, -0.2) is 16.2 Å². The Morgan fingerprint density at radius 2 is 1.75 bits per heavy atom. The smallest absolute Gasteiger partial charge is 0.325 e. The standard InChI is InChI=1S/C11H14BrNO3/c1-4-5(2)10(14)7(6(3)8(4)12)9(13)11(15)16/h9,14H,13H2,1-3H3,(H,15,16). The van der Waals surface area contributed by atoms with Gasteiger partial charge in [0.2, 0.25) is 0 Å². The number of aromatic hydroxyl groups is 1. The Bertz CT molecular complexity index is 428. The van der Waals surface area contributed by atoms with Crippen LogP contribution in [0, 0.1) is 20.8 Å². The van der Waals surface area contributed by atoms with E-state index < -0.39 is 12.0 Å². The van der Waals surface area contributed by atoms with Crippen molar-refractivity contribution in [2.24, 2.45) is 5.73 Å². The minimum absolute atomic E-state index is 0.0342. The minimum atomic E-state index is -1.21. The first-order valence-electron chi connectivity index (χ1n) is 4.75. The van der Waals surface area contributed by atoms with E-state index in [1.165, 1.54) is 0 Å². The summed E-state index contributed by atoms with van der Waals surface area (Å²) in [5.74, 6) is -1.19. The summed E-state index contributed by atoms with van der Waals surface area (Å²) in [6, 6.07) is -1.21. The van der Waals surface area contributed by atoms with Crippen LogP contribution >= 0.6 is 15.9 Å². The van der Waals surface area contributed by atoms with Crippen LogP contribution in [-0.2, 0) is 4.79 Å². The summed E-state index contributed by atoms with van der Waals surface area (Å²) in [5, 5.41) is 18.8. The first kappa shape index (κ1) is 13.0. The van der Waals surface area contributed by atoms with E-state index in [2.05, 4.69) is 15.9 Å². The van der Waals surface area contributed by atoms with Crippen LogP contribution in [0.3, 0.4) is 0 Å². The Balaban J connectivity index is 3.57. The van der Waals surface area contributed by atoms with Crippen molar-refractivity contribution < 1.29 is 15.0 Å². The van der Waals surface area contributed by atoms with Crippen LogP contribution in [0.25, 0.3) is 0 Å². The molecule has 0 spiro atoms. The van der Waals surface area contributed by atoms with Gasteiger partial charge in [-0.2, -0.15) is 0 Å². The largest absolute Gasteiger partial charge is 0.507 e. The highest BCUT2D eigenvalue weighted by atomic mass is 79.9. The van der Waals surface area contributed by atoms with Gasteiger partial charge in [-0.15, -0.1) is 0 Å². The van der Waals surface area contributed by atoms with E-state index >= 15 is 0 Å². The predicted octanol–water partition coefficient (Wildman–Crippen LogP) is 2.16. The number of carbonyl (C=O) groups is 1. The van der Waals surface area contributed by atoms with Crippen LogP contribution < -0.4 is 5.73 Å². The van der Waals surface area contributed by atoms with Crippen LogP contribution in [0.4, 0.5) is 0 Å². The summed E-state index contributed by atoms with van der Waals surface area (Å²) in [7, 11) is 0. The molecule has 0 fully saturated rings. The average molecular weight is 288 g/mol. The first-order chi connectivity index (χ1) is 7.29. The third-order valence-electron chi connectivity index (χ3n) is 2.81. The molecule has 0 aliphatic carbocycles. The monoisotopic (exact) mass is 287 g/mol. The Labute approximate surface area is 102 Å². The molecule has 1 aromatic rings. The number of hydrogen-bond acceptors (Lipinski definition) is 3. The van der Waals surface area contributed by atoms with Gasteiger partial charge in [-0.3, -0.25) is 4.79 Å². The van der Waals surface area contributed by atoms with Crippen molar-refractivity contribution in [3.05, 3.63) is 26.7 Å². The van der Waals surface area contributed by atoms with Crippen molar-refractivity contribution in [3.8, 4) is 5.75 Å². The van der Waals surface area contributed by atoms with Crippen LogP contribution in [0.1, 0.15) is 28.3 Å². The summed E-state index contributed by atoms with van der Waals surface area (Å²) < 4.78 is 0.787. The van der Waals surface area contributed by atoms with E-state index in [1.54, 1.807) is 13.8 Å². The highest BCUT2D eigenvalue weighted by Crippen LogP contribution is 2.37. The number of benzene rings is 1. The molecule has 0 amide bonds. The fraction of sp³-hybridized carbons (Fsp3) is 0.364. The van der Waals surface area contributed by atoms with E-state index in [4.69, 9.17) is 10.8 Å². The molecule has 1 aromatic carbocycles. The van der Waals surface area contributed by atoms with Crippen molar-refractivity contribution in [2.45, 2.75) is 26.8 Å². The zero-order valence-corrected chi connectivity index (χ0v) is 10.9. The van der Waals surface area contributed by atoms with Gasteiger partial charge in [-0.1, -0.05) is 15.9 Å². The Morgan fingerprint density at radius 1 is 1.25 bits per heavy atom. The molecule has 5 heteroatoms. The van der Waals surface area contributed by atoms with Crippen molar-refractivity contribution in [1.82, 2.24) is 0 Å². The summed E-state index contributed by atoms with van der Waals surface area (Å²) >= 11 is 3.37. The second kappa shape index (κ2) is 4.43. The summed E-state index contributed by atoms with van der Waals surface area (Å²) in [4.78, 5) is 10.9. The van der Waals surface area contributed by atoms with Crippen LogP contribution in [0.15, 0.2) is 4.47 Å². The maximum Gasteiger partial charge on any atom is 0.325 e. The molecule has 1 rings (SSSR count). The second-order valence-corrected chi connectivity index (χ2v) is 4.56. The number of halogens is 1. The van der Waals surface area contributed by atoms with Crippen molar-refractivity contribution in [2.75, 3.05) is 0 Å². The lowest BCUT2D eigenvalue weighted by atomic mass is 9.94. The van der Waals surface area contributed by atoms with E-state index in [9.17, 15) is 9.90 Å². The highest BCUT2D eigenvalue weighted by Gasteiger charge is 2.24. The van der Waals surface area contributed by atoms with Gasteiger partial charge in [0, 0.05) is 10.0 Å². The topological polar surface area (TPSA) is 83.6 Å². The molecule has 4 nitrogen and oxygen atoms in total. The Kier molecular flexibility index (Phi) is 3.60. The molecule has 16 heavy (non-hydrogen) atoms. The van der Waals surface area contributed by atoms with Crippen molar-refractivity contribution in [1.29, 1.82) is 0 Å². The molecule has 0 aliphatic rings. The third kappa shape index (κ3) is 1.92. The maximum absolute atomic E-state index is 10.9. The van der Waals surface area contributed by atoms with Crippen LogP contribution in [0.5, 0.6) is 5.75 Å².